The van der Waals surface area contributed by atoms with E-state index in [4.69, 9.17) is 16.3 Å². The van der Waals surface area contributed by atoms with Crippen molar-refractivity contribution in [3.05, 3.63) is 64.7 Å². The molecule has 2 N–H and O–H groups in total. The number of benzene rings is 2. The minimum absolute atomic E-state index is 0.0300. The van der Waals surface area contributed by atoms with Crippen molar-refractivity contribution in [1.29, 1.82) is 0 Å². The Balaban J connectivity index is 1.64. The third-order valence-corrected chi connectivity index (χ3v) is 4.81. The van der Waals surface area contributed by atoms with Crippen molar-refractivity contribution in [3.63, 3.8) is 0 Å². The molecule has 27 heavy (non-hydrogen) atoms. The number of aliphatic hydroxyl groups is 1. The van der Waals surface area contributed by atoms with Gasteiger partial charge in [0, 0.05) is 5.02 Å². The monoisotopic (exact) mass is 388 g/mol. The maximum absolute atomic E-state index is 12.8. The number of carbonyl (C=O) groups excluding carboxylic acids is 2. The van der Waals surface area contributed by atoms with Crippen LogP contribution in [-0.4, -0.2) is 41.2 Å². The number of urea groups is 1. The minimum Gasteiger partial charge on any atom is -0.491 e. The highest BCUT2D eigenvalue weighted by atomic mass is 35.5. The van der Waals surface area contributed by atoms with E-state index in [2.05, 4.69) is 5.32 Å². The molecule has 1 heterocycles. The van der Waals surface area contributed by atoms with Gasteiger partial charge >= 0.3 is 6.03 Å². The summed E-state index contributed by atoms with van der Waals surface area (Å²) in [5.41, 5.74) is 0.529. The number of ether oxygens (including phenoxy) is 1. The van der Waals surface area contributed by atoms with Crippen molar-refractivity contribution in [2.75, 3.05) is 13.2 Å². The SMILES string of the molecule is Cc1ccc(OC[C@@H](O)CN2C(=O)N[C@@](C)(c3ccc(Cl)cc3)C2=O)cc1. The molecule has 0 aromatic heterocycles. The van der Waals surface area contributed by atoms with Crippen LogP contribution in [0.1, 0.15) is 18.1 Å². The first-order valence-corrected chi connectivity index (χ1v) is 8.95. The Kier molecular flexibility index (Phi) is 5.39. The summed E-state index contributed by atoms with van der Waals surface area (Å²) in [4.78, 5) is 26.1. The average molecular weight is 389 g/mol. The van der Waals surface area contributed by atoms with Crippen LogP contribution in [0.4, 0.5) is 4.79 Å². The molecule has 1 aliphatic rings. The van der Waals surface area contributed by atoms with Gasteiger partial charge in [-0.3, -0.25) is 9.69 Å². The van der Waals surface area contributed by atoms with Crippen molar-refractivity contribution in [3.8, 4) is 5.75 Å². The molecule has 1 saturated heterocycles. The molecule has 6 nitrogen and oxygen atoms in total. The lowest BCUT2D eigenvalue weighted by atomic mass is 9.92. The first-order chi connectivity index (χ1) is 12.8. The molecular weight excluding hydrogens is 368 g/mol. The molecule has 3 rings (SSSR count). The van der Waals surface area contributed by atoms with Crippen LogP contribution in [0, 0.1) is 6.92 Å². The number of β-amino-alcohol motifs (C(OH)–C–C–N with tert-alkyl or cyclic N) is 1. The number of carbonyl (C=O) groups is 2. The lowest BCUT2D eigenvalue weighted by Crippen LogP contribution is -2.42. The standard InChI is InChI=1S/C20H21ClN2O4/c1-13-3-9-17(10-4-13)27-12-16(24)11-23-18(25)20(2,22-19(23)26)14-5-7-15(21)8-6-14/h3-10,16,24H,11-12H2,1-2H3,(H,22,26)/t16-,20-/m0/s1. The fourth-order valence-corrected chi connectivity index (χ4v) is 3.06. The zero-order valence-corrected chi connectivity index (χ0v) is 15.9. The second-order valence-electron chi connectivity index (χ2n) is 6.76. The summed E-state index contributed by atoms with van der Waals surface area (Å²) < 4.78 is 5.52. The highest BCUT2D eigenvalue weighted by Gasteiger charge is 2.49. The third-order valence-electron chi connectivity index (χ3n) is 4.55. The van der Waals surface area contributed by atoms with Gasteiger partial charge in [0.25, 0.3) is 5.91 Å². The number of amides is 3. The topological polar surface area (TPSA) is 78.9 Å². The number of imide groups is 1. The van der Waals surface area contributed by atoms with Gasteiger partial charge in [-0.1, -0.05) is 41.4 Å². The Morgan fingerprint density at radius 1 is 1.15 bits per heavy atom. The Morgan fingerprint density at radius 3 is 2.41 bits per heavy atom. The predicted molar refractivity (Wildman–Crippen MR) is 102 cm³/mol. The summed E-state index contributed by atoms with van der Waals surface area (Å²) in [6, 6.07) is 13.6. The number of halogens is 1. The summed E-state index contributed by atoms with van der Waals surface area (Å²) in [5, 5.41) is 13.5. The molecule has 1 fully saturated rings. The van der Waals surface area contributed by atoms with E-state index < -0.39 is 23.6 Å². The van der Waals surface area contributed by atoms with Crippen molar-refractivity contribution < 1.29 is 19.4 Å². The van der Waals surface area contributed by atoms with E-state index in [9.17, 15) is 14.7 Å². The Bertz CT molecular complexity index is 838. The summed E-state index contributed by atoms with van der Waals surface area (Å²) in [6.45, 7) is 3.41. The minimum atomic E-state index is -1.20. The summed E-state index contributed by atoms with van der Waals surface area (Å²) >= 11 is 5.89. The van der Waals surface area contributed by atoms with E-state index in [1.54, 1.807) is 43.3 Å². The van der Waals surface area contributed by atoms with E-state index in [1.165, 1.54) is 0 Å². The summed E-state index contributed by atoms with van der Waals surface area (Å²) in [5.74, 6) is 0.187. The van der Waals surface area contributed by atoms with Gasteiger partial charge in [0.15, 0.2) is 0 Å². The third kappa shape index (κ3) is 4.07. The number of hydrogen-bond acceptors (Lipinski definition) is 4. The molecule has 142 valence electrons. The van der Waals surface area contributed by atoms with Crippen LogP contribution in [-0.2, 0) is 10.3 Å². The molecule has 1 aliphatic heterocycles. The molecule has 0 radical (unpaired) electrons. The van der Waals surface area contributed by atoms with Crippen molar-refractivity contribution >= 4 is 23.5 Å². The van der Waals surface area contributed by atoms with Gasteiger partial charge < -0.3 is 15.2 Å². The Labute approximate surface area is 162 Å². The van der Waals surface area contributed by atoms with E-state index >= 15 is 0 Å². The number of nitrogens with zero attached hydrogens (tertiary/aromatic N) is 1. The van der Waals surface area contributed by atoms with Gasteiger partial charge in [0.1, 0.15) is 24.0 Å². The molecule has 7 heteroatoms. The Hall–Kier alpha value is -2.57. The maximum Gasteiger partial charge on any atom is 0.325 e. The van der Waals surface area contributed by atoms with Gasteiger partial charge in [-0.2, -0.15) is 0 Å². The number of rotatable bonds is 6. The quantitative estimate of drug-likeness (QED) is 0.746. The van der Waals surface area contributed by atoms with Crippen LogP contribution in [0.25, 0.3) is 0 Å². The van der Waals surface area contributed by atoms with E-state index in [-0.39, 0.29) is 13.2 Å². The molecule has 0 spiro atoms. The number of aryl methyl sites for hydroxylation is 1. The summed E-state index contributed by atoms with van der Waals surface area (Å²) in [7, 11) is 0. The zero-order chi connectivity index (χ0) is 19.6. The van der Waals surface area contributed by atoms with Crippen molar-refractivity contribution in [2.45, 2.75) is 25.5 Å². The second-order valence-corrected chi connectivity index (χ2v) is 7.19. The largest absolute Gasteiger partial charge is 0.491 e. The molecule has 0 unspecified atom stereocenters. The number of hydrogen-bond donors (Lipinski definition) is 2. The fourth-order valence-electron chi connectivity index (χ4n) is 2.93. The normalized spacial score (nSPS) is 20.5. The molecule has 2 atom stereocenters. The Morgan fingerprint density at radius 2 is 1.78 bits per heavy atom. The first kappa shape index (κ1) is 19.2. The highest BCUT2D eigenvalue weighted by Crippen LogP contribution is 2.29. The fraction of sp³-hybridized carbons (Fsp3) is 0.300. The number of nitrogens with one attached hydrogen (secondary N) is 1. The molecule has 0 saturated carbocycles. The highest BCUT2D eigenvalue weighted by molar-refractivity contribution is 6.30. The molecule has 3 amide bonds. The predicted octanol–water partition coefficient (Wildman–Crippen LogP) is 2.86. The molecule has 2 aromatic rings. The van der Waals surface area contributed by atoms with Gasteiger partial charge in [0.2, 0.25) is 0 Å². The van der Waals surface area contributed by atoms with E-state index in [1.807, 2.05) is 19.1 Å². The van der Waals surface area contributed by atoms with Gasteiger partial charge in [0.05, 0.1) is 6.54 Å². The molecule has 2 aromatic carbocycles. The zero-order valence-electron chi connectivity index (χ0n) is 15.1. The van der Waals surface area contributed by atoms with Gasteiger partial charge in [-0.25, -0.2) is 4.79 Å². The lowest BCUT2D eigenvalue weighted by Gasteiger charge is -2.23. The van der Waals surface area contributed by atoms with Crippen LogP contribution >= 0.6 is 11.6 Å². The maximum atomic E-state index is 12.8. The average Bonchev–Trinajstić information content (AvgIpc) is 2.86. The van der Waals surface area contributed by atoms with Crippen molar-refractivity contribution in [1.82, 2.24) is 10.2 Å². The van der Waals surface area contributed by atoms with Crippen LogP contribution < -0.4 is 10.1 Å². The number of aliphatic hydroxyl groups excluding tert-OH is 1. The molecule has 0 aliphatic carbocycles. The smallest absolute Gasteiger partial charge is 0.325 e. The van der Waals surface area contributed by atoms with Gasteiger partial charge in [-0.05, 0) is 43.7 Å². The second kappa shape index (κ2) is 7.58. The van der Waals surface area contributed by atoms with Crippen LogP contribution in [0.5, 0.6) is 5.75 Å². The van der Waals surface area contributed by atoms with Crippen LogP contribution in [0.2, 0.25) is 5.02 Å². The van der Waals surface area contributed by atoms with E-state index in [0.717, 1.165) is 10.5 Å². The van der Waals surface area contributed by atoms with Gasteiger partial charge in [-0.15, -0.1) is 0 Å². The molecule has 0 bridgehead atoms. The first-order valence-electron chi connectivity index (χ1n) is 8.57. The molecular formula is C20H21ClN2O4. The lowest BCUT2D eigenvalue weighted by molar-refractivity contribution is -0.132. The van der Waals surface area contributed by atoms with Crippen LogP contribution in [0.3, 0.4) is 0 Å². The van der Waals surface area contributed by atoms with Crippen molar-refractivity contribution in [2.24, 2.45) is 0 Å². The summed E-state index contributed by atoms with van der Waals surface area (Å²) in [6.07, 6.45) is -1.01. The van der Waals surface area contributed by atoms with E-state index in [0.29, 0.717) is 16.3 Å². The van der Waals surface area contributed by atoms with Crippen LogP contribution in [0.15, 0.2) is 48.5 Å².